The van der Waals surface area contributed by atoms with Crippen molar-refractivity contribution < 1.29 is 9.84 Å². The molecule has 1 aromatic rings. The Kier molecular flexibility index (Phi) is 3.53. The van der Waals surface area contributed by atoms with Gasteiger partial charge in [0.2, 0.25) is 0 Å². The van der Waals surface area contributed by atoms with Gasteiger partial charge in [0.05, 0.1) is 31.6 Å². The Morgan fingerprint density at radius 1 is 1.60 bits per heavy atom. The second-order valence-electron chi connectivity index (χ2n) is 3.41. The number of hydrogen-bond donors (Lipinski definition) is 2. The highest BCUT2D eigenvalue weighted by Crippen LogP contribution is 2.21. The number of aliphatic hydroxyl groups excluding tert-OH is 1. The summed E-state index contributed by atoms with van der Waals surface area (Å²) in [5, 5.41) is 12.9. The number of rotatable bonds is 2. The molecule has 5 heteroatoms. The number of hydrogen-bond acceptors (Lipinski definition) is 4. The molecule has 1 aliphatic rings. The van der Waals surface area contributed by atoms with Crippen molar-refractivity contribution in [2.75, 3.05) is 19.8 Å². The van der Waals surface area contributed by atoms with E-state index in [9.17, 15) is 5.11 Å². The molecule has 1 atom stereocenters. The second kappa shape index (κ2) is 4.90. The van der Waals surface area contributed by atoms with E-state index in [4.69, 9.17) is 16.3 Å². The van der Waals surface area contributed by atoms with E-state index in [1.807, 2.05) is 6.07 Å². The summed E-state index contributed by atoms with van der Waals surface area (Å²) in [7, 11) is 0. The topological polar surface area (TPSA) is 54.4 Å². The molecule has 1 fully saturated rings. The molecule has 0 amide bonds. The molecular formula is C10H13ClN2O2. The van der Waals surface area contributed by atoms with Gasteiger partial charge in [-0.3, -0.25) is 0 Å². The maximum Gasteiger partial charge on any atom is 0.129 e. The van der Waals surface area contributed by atoms with Crippen LogP contribution in [0.3, 0.4) is 0 Å². The number of pyridine rings is 1. The van der Waals surface area contributed by atoms with Gasteiger partial charge >= 0.3 is 0 Å². The SMILES string of the molecule is OCc1nc(Cl)ccc1C1COCCN1. The van der Waals surface area contributed by atoms with Crippen molar-refractivity contribution in [2.45, 2.75) is 12.6 Å². The van der Waals surface area contributed by atoms with Crippen LogP contribution < -0.4 is 5.32 Å². The van der Waals surface area contributed by atoms with E-state index in [0.717, 1.165) is 18.7 Å². The minimum atomic E-state index is -0.103. The van der Waals surface area contributed by atoms with Crippen LogP contribution in [-0.2, 0) is 11.3 Å². The summed E-state index contributed by atoms with van der Waals surface area (Å²) in [5.74, 6) is 0. The summed E-state index contributed by atoms with van der Waals surface area (Å²) < 4.78 is 5.36. The lowest BCUT2D eigenvalue weighted by molar-refractivity contribution is 0.0760. The van der Waals surface area contributed by atoms with Crippen LogP contribution in [0.4, 0.5) is 0 Å². The van der Waals surface area contributed by atoms with Gasteiger partial charge in [-0.25, -0.2) is 4.98 Å². The fourth-order valence-corrected chi connectivity index (χ4v) is 1.86. The van der Waals surface area contributed by atoms with Crippen molar-refractivity contribution in [3.05, 3.63) is 28.5 Å². The Bertz CT molecular complexity index is 340. The third kappa shape index (κ3) is 2.46. The third-order valence-corrected chi connectivity index (χ3v) is 2.63. The average Bonchev–Trinajstić information content (AvgIpc) is 2.30. The van der Waals surface area contributed by atoms with Crippen molar-refractivity contribution in [3.8, 4) is 0 Å². The highest BCUT2D eigenvalue weighted by atomic mass is 35.5. The van der Waals surface area contributed by atoms with Crippen LogP contribution in [-0.4, -0.2) is 29.8 Å². The molecule has 2 N–H and O–H groups in total. The first kappa shape index (κ1) is 10.8. The predicted molar refractivity (Wildman–Crippen MR) is 56.7 cm³/mol. The van der Waals surface area contributed by atoms with E-state index in [1.165, 1.54) is 0 Å². The number of nitrogens with zero attached hydrogens (tertiary/aromatic N) is 1. The molecule has 2 rings (SSSR count). The standard InChI is InChI=1S/C10H13ClN2O2/c11-10-2-1-7(8(5-14)13-10)9-6-15-4-3-12-9/h1-2,9,12,14H,3-6H2. The smallest absolute Gasteiger partial charge is 0.129 e. The summed E-state index contributed by atoms with van der Waals surface area (Å²) in [6, 6.07) is 3.71. The van der Waals surface area contributed by atoms with Gasteiger partial charge in [-0.15, -0.1) is 0 Å². The molecule has 4 nitrogen and oxygen atoms in total. The molecule has 0 radical (unpaired) electrons. The Labute approximate surface area is 93.2 Å². The minimum absolute atomic E-state index is 0.102. The maximum absolute atomic E-state index is 9.18. The summed E-state index contributed by atoms with van der Waals surface area (Å²) in [4.78, 5) is 4.09. The number of aliphatic hydroxyl groups is 1. The lowest BCUT2D eigenvalue weighted by Gasteiger charge is -2.25. The Hall–Kier alpha value is -0.680. The van der Waals surface area contributed by atoms with Gasteiger partial charge in [-0.05, 0) is 11.6 Å². The van der Waals surface area contributed by atoms with Crippen LogP contribution in [0.15, 0.2) is 12.1 Å². The number of ether oxygens (including phenoxy) is 1. The quantitative estimate of drug-likeness (QED) is 0.739. The minimum Gasteiger partial charge on any atom is -0.390 e. The normalized spacial score (nSPS) is 21.6. The predicted octanol–water partition coefficient (Wildman–Crippen LogP) is 0.888. The zero-order valence-corrected chi connectivity index (χ0v) is 9.00. The first-order valence-corrected chi connectivity index (χ1v) is 5.26. The first-order chi connectivity index (χ1) is 7.31. The Balaban J connectivity index is 2.25. The van der Waals surface area contributed by atoms with E-state index >= 15 is 0 Å². The molecule has 1 aromatic heterocycles. The van der Waals surface area contributed by atoms with Gasteiger partial charge in [0.15, 0.2) is 0 Å². The molecule has 0 aromatic carbocycles. The van der Waals surface area contributed by atoms with Gasteiger partial charge < -0.3 is 15.2 Å². The zero-order valence-electron chi connectivity index (χ0n) is 8.24. The Morgan fingerprint density at radius 2 is 2.47 bits per heavy atom. The molecule has 1 aliphatic heterocycles. The zero-order chi connectivity index (χ0) is 10.7. The van der Waals surface area contributed by atoms with Gasteiger partial charge in [0, 0.05) is 6.54 Å². The van der Waals surface area contributed by atoms with Crippen LogP contribution >= 0.6 is 11.6 Å². The van der Waals surface area contributed by atoms with Crippen LogP contribution in [0.25, 0.3) is 0 Å². The molecule has 2 heterocycles. The van der Waals surface area contributed by atoms with E-state index in [-0.39, 0.29) is 12.6 Å². The number of nitrogens with one attached hydrogen (secondary N) is 1. The lowest BCUT2D eigenvalue weighted by Crippen LogP contribution is -2.35. The van der Waals surface area contributed by atoms with Crippen molar-refractivity contribution in [3.63, 3.8) is 0 Å². The van der Waals surface area contributed by atoms with Crippen molar-refractivity contribution in [1.82, 2.24) is 10.3 Å². The van der Waals surface area contributed by atoms with E-state index in [0.29, 0.717) is 17.5 Å². The first-order valence-electron chi connectivity index (χ1n) is 4.88. The van der Waals surface area contributed by atoms with Crippen molar-refractivity contribution in [1.29, 1.82) is 0 Å². The molecule has 0 aliphatic carbocycles. The van der Waals surface area contributed by atoms with Crippen LogP contribution in [0.5, 0.6) is 0 Å². The van der Waals surface area contributed by atoms with Crippen LogP contribution in [0.2, 0.25) is 5.15 Å². The average molecular weight is 229 g/mol. The van der Waals surface area contributed by atoms with Gasteiger partial charge in [-0.2, -0.15) is 0 Å². The summed E-state index contributed by atoms with van der Waals surface area (Å²) >= 11 is 5.76. The second-order valence-corrected chi connectivity index (χ2v) is 3.80. The molecule has 15 heavy (non-hydrogen) atoms. The molecule has 0 saturated carbocycles. The molecule has 0 bridgehead atoms. The number of aromatic nitrogens is 1. The van der Waals surface area contributed by atoms with E-state index in [1.54, 1.807) is 6.07 Å². The molecule has 82 valence electrons. The van der Waals surface area contributed by atoms with Crippen molar-refractivity contribution >= 4 is 11.6 Å². The monoisotopic (exact) mass is 228 g/mol. The fraction of sp³-hybridized carbons (Fsp3) is 0.500. The summed E-state index contributed by atoms with van der Waals surface area (Å²) in [6.45, 7) is 2.05. The van der Waals surface area contributed by atoms with Gasteiger partial charge in [0.25, 0.3) is 0 Å². The highest BCUT2D eigenvalue weighted by Gasteiger charge is 2.18. The maximum atomic E-state index is 9.18. The number of morpholine rings is 1. The van der Waals surface area contributed by atoms with E-state index < -0.39 is 0 Å². The lowest BCUT2D eigenvalue weighted by atomic mass is 10.1. The molecular weight excluding hydrogens is 216 g/mol. The van der Waals surface area contributed by atoms with Gasteiger partial charge in [0.1, 0.15) is 5.15 Å². The third-order valence-electron chi connectivity index (χ3n) is 2.42. The largest absolute Gasteiger partial charge is 0.390 e. The van der Waals surface area contributed by atoms with E-state index in [2.05, 4.69) is 10.3 Å². The van der Waals surface area contributed by atoms with Crippen LogP contribution in [0.1, 0.15) is 17.3 Å². The molecule has 1 unspecified atom stereocenters. The Morgan fingerprint density at radius 3 is 3.13 bits per heavy atom. The molecule has 1 saturated heterocycles. The molecule has 0 spiro atoms. The fourth-order valence-electron chi connectivity index (χ4n) is 1.69. The van der Waals surface area contributed by atoms with Gasteiger partial charge in [-0.1, -0.05) is 17.7 Å². The number of halogens is 1. The van der Waals surface area contributed by atoms with Crippen molar-refractivity contribution in [2.24, 2.45) is 0 Å². The summed E-state index contributed by atoms with van der Waals surface area (Å²) in [5.41, 5.74) is 1.58. The summed E-state index contributed by atoms with van der Waals surface area (Å²) in [6.07, 6.45) is 0. The highest BCUT2D eigenvalue weighted by molar-refractivity contribution is 6.29. The van der Waals surface area contributed by atoms with Crippen LogP contribution in [0, 0.1) is 0 Å².